The second-order valence-electron chi connectivity index (χ2n) is 5.05. The van der Waals surface area contributed by atoms with Crippen molar-refractivity contribution in [3.8, 4) is 0 Å². The molecule has 0 bridgehead atoms. The Labute approximate surface area is 106 Å². The Morgan fingerprint density at radius 1 is 1.24 bits per heavy atom. The number of unbranched alkanes of at least 4 members (excludes halogenated alkanes) is 3. The summed E-state index contributed by atoms with van der Waals surface area (Å²) >= 11 is 0. The van der Waals surface area contributed by atoms with E-state index >= 15 is 0 Å². The minimum Gasteiger partial charge on any atom is -0.468 e. The van der Waals surface area contributed by atoms with Gasteiger partial charge in [0.1, 0.15) is 0 Å². The Morgan fingerprint density at radius 2 is 1.94 bits per heavy atom. The van der Waals surface area contributed by atoms with Gasteiger partial charge in [0.15, 0.2) is 0 Å². The number of rotatable bonds is 8. The Hall–Kier alpha value is -0.570. The monoisotopic (exact) mass is 241 g/mol. The lowest BCUT2D eigenvalue weighted by Gasteiger charge is -2.27. The van der Waals surface area contributed by atoms with E-state index in [1.54, 1.807) is 0 Å². The van der Waals surface area contributed by atoms with E-state index < -0.39 is 0 Å². The van der Waals surface area contributed by atoms with Crippen LogP contribution in [-0.2, 0) is 9.53 Å². The normalized spacial score (nSPS) is 16.6. The first-order chi connectivity index (χ1) is 8.27. The minimum atomic E-state index is -0.0904. The lowest BCUT2D eigenvalue weighted by Crippen LogP contribution is -2.38. The molecular weight excluding hydrogens is 214 g/mol. The minimum absolute atomic E-state index is 0.0904. The number of nitrogens with zero attached hydrogens (tertiary/aromatic N) is 1. The van der Waals surface area contributed by atoms with E-state index in [1.165, 1.54) is 58.5 Å². The summed E-state index contributed by atoms with van der Waals surface area (Å²) in [6.07, 6.45) is 10.2. The Bertz CT molecular complexity index is 212. The van der Waals surface area contributed by atoms with Gasteiger partial charge in [0.2, 0.25) is 0 Å². The molecule has 0 aliphatic heterocycles. The molecule has 0 aromatic heterocycles. The zero-order chi connectivity index (χ0) is 12.5. The van der Waals surface area contributed by atoms with Gasteiger partial charge in [0.25, 0.3) is 0 Å². The molecule has 3 heteroatoms. The highest BCUT2D eigenvalue weighted by molar-refractivity contribution is 5.71. The van der Waals surface area contributed by atoms with Gasteiger partial charge in [-0.1, -0.05) is 39.0 Å². The topological polar surface area (TPSA) is 29.5 Å². The molecule has 0 unspecified atom stereocenters. The second-order valence-corrected chi connectivity index (χ2v) is 5.05. The molecular formula is C14H27NO2. The quantitative estimate of drug-likeness (QED) is 0.483. The molecule has 17 heavy (non-hydrogen) atoms. The molecule has 100 valence electrons. The van der Waals surface area contributed by atoms with Gasteiger partial charge in [0, 0.05) is 6.04 Å². The van der Waals surface area contributed by atoms with E-state index in [0.717, 1.165) is 6.54 Å². The van der Waals surface area contributed by atoms with Crippen LogP contribution in [0.25, 0.3) is 0 Å². The molecule has 0 amide bonds. The molecule has 0 heterocycles. The number of hydrogen-bond acceptors (Lipinski definition) is 3. The summed E-state index contributed by atoms with van der Waals surface area (Å²) in [6.45, 7) is 3.76. The zero-order valence-corrected chi connectivity index (χ0v) is 11.4. The van der Waals surface area contributed by atoms with Crippen LogP contribution in [-0.4, -0.2) is 37.1 Å². The maximum atomic E-state index is 11.4. The van der Waals surface area contributed by atoms with Crippen LogP contribution in [0.1, 0.15) is 58.3 Å². The van der Waals surface area contributed by atoms with Crippen LogP contribution in [0.3, 0.4) is 0 Å². The van der Waals surface area contributed by atoms with Crippen molar-refractivity contribution in [2.75, 3.05) is 20.2 Å². The van der Waals surface area contributed by atoms with Crippen molar-refractivity contribution in [3.63, 3.8) is 0 Å². The third kappa shape index (κ3) is 5.53. The predicted octanol–water partition coefficient (Wildman–Crippen LogP) is 2.98. The fraction of sp³-hybridized carbons (Fsp3) is 0.929. The molecule has 0 N–H and O–H groups in total. The summed E-state index contributed by atoms with van der Waals surface area (Å²) in [5.41, 5.74) is 0. The van der Waals surface area contributed by atoms with E-state index in [1.807, 2.05) is 0 Å². The van der Waals surface area contributed by atoms with Crippen LogP contribution < -0.4 is 0 Å². The van der Waals surface area contributed by atoms with Gasteiger partial charge < -0.3 is 4.74 Å². The third-order valence-corrected chi connectivity index (χ3v) is 3.70. The maximum absolute atomic E-state index is 11.4. The first-order valence-electron chi connectivity index (χ1n) is 7.08. The fourth-order valence-corrected chi connectivity index (χ4v) is 2.63. The van der Waals surface area contributed by atoms with Gasteiger partial charge >= 0.3 is 5.97 Å². The third-order valence-electron chi connectivity index (χ3n) is 3.70. The highest BCUT2D eigenvalue weighted by Gasteiger charge is 2.23. The fourth-order valence-electron chi connectivity index (χ4n) is 2.63. The molecule has 0 spiro atoms. The van der Waals surface area contributed by atoms with Crippen molar-refractivity contribution in [2.24, 2.45) is 0 Å². The molecule has 1 aliphatic carbocycles. The van der Waals surface area contributed by atoms with Crippen molar-refractivity contribution in [1.82, 2.24) is 4.90 Å². The smallest absolute Gasteiger partial charge is 0.319 e. The summed E-state index contributed by atoms with van der Waals surface area (Å²) in [6, 6.07) is 0.621. The van der Waals surface area contributed by atoms with Crippen molar-refractivity contribution in [2.45, 2.75) is 64.3 Å². The number of esters is 1. The summed E-state index contributed by atoms with van der Waals surface area (Å²) in [5, 5.41) is 0. The molecule has 0 saturated heterocycles. The van der Waals surface area contributed by atoms with Crippen molar-refractivity contribution >= 4 is 5.97 Å². The van der Waals surface area contributed by atoms with Gasteiger partial charge in [-0.25, -0.2) is 0 Å². The first kappa shape index (κ1) is 14.5. The van der Waals surface area contributed by atoms with E-state index in [0.29, 0.717) is 12.6 Å². The number of ether oxygens (including phenoxy) is 1. The first-order valence-corrected chi connectivity index (χ1v) is 7.08. The van der Waals surface area contributed by atoms with E-state index in [2.05, 4.69) is 11.8 Å². The molecule has 1 rings (SSSR count). The lowest BCUT2D eigenvalue weighted by molar-refractivity contribution is -0.142. The Balaban J connectivity index is 2.32. The van der Waals surface area contributed by atoms with Crippen LogP contribution in [0.4, 0.5) is 0 Å². The van der Waals surface area contributed by atoms with Crippen molar-refractivity contribution in [3.05, 3.63) is 0 Å². The Morgan fingerprint density at radius 3 is 2.53 bits per heavy atom. The molecule has 0 atom stereocenters. The van der Waals surface area contributed by atoms with Crippen LogP contribution in [0.15, 0.2) is 0 Å². The molecule has 0 aromatic rings. The molecule has 0 radical (unpaired) electrons. The molecule has 1 aliphatic rings. The predicted molar refractivity (Wildman–Crippen MR) is 70.0 cm³/mol. The largest absolute Gasteiger partial charge is 0.468 e. The number of carbonyl (C=O) groups excluding carboxylic acids is 1. The van der Waals surface area contributed by atoms with Crippen molar-refractivity contribution < 1.29 is 9.53 Å². The lowest BCUT2D eigenvalue weighted by atomic mass is 10.1. The van der Waals surface area contributed by atoms with Gasteiger partial charge in [-0.3, -0.25) is 9.69 Å². The summed E-state index contributed by atoms with van der Waals surface area (Å²) in [5.74, 6) is -0.0904. The standard InChI is InChI=1S/C14H27NO2/c1-3-4-5-8-11-15(12-14(16)17-2)13-9-6-7-10-13/h13H,3-12H2,1-2H3. The van der Waals surface area contributed by atoms with Crippen LogP contribution in [0.5, 0.6) is 0 Å². The number of carbonyl (C=O) groups is 1. The highest BCUT2D eigenvalue weighted by Crippen LogP contribution is 2.23. The second kappa shape index (κ2) is 8.51. The molecule has 3 nitrogen and oxygen atoms in total. The van der Waals surface area contributed by atoms with Gasteiger partial charge in [-0.2, -0.15) is 0 Å². The summed E-state index contributed by atoms with van der Waals surface area (Å²) in [7, 11) is 1.48. The SMILES string of the molecule is CCCCCCN(CC(=O)OC)C1CCCC1. The number of hydrogen-bond donors (Lipinski definition) is 0. The summed E-state index contributed by atoms with van der Waals surface area (Å²) < 4.78 is 4.79. The van der Waals surface area contributed by atoms with E-state index in [-0.39, 0.29) is 5.97 Å². The average molecular weight is 241 g/mol. The molecule has 1 fully saturated rings. The summed E-state index contributed by atoms with van der Waals surface area (Å²) in [4.78, 5) is 13.7. The van der Waals surface area contributed by atoms with E-state index in [4.69, 9.17) is 4.74 Å². The highest BCUT2D eigenvalue weighted by atomic mass is 16.5. The van der Waals surface area contributed by atoms with Crippen LogP contribution >= 0.6 is 0 Å². The van der Waals surface area contributed by atoms with Gasteiger partial charge in [0.05, 0.1) is 13.7 Å². The van der Waals surface area contributed by atoms with Crippen molar-refractivity contribution in [1.29, 1.82) is 0 Å². The molecule has 0 aromatic carbocycles. The molecule has 1 saturated carbocycles. The van der Waals surface area contributed by atoms with E-state index in [9.17, 15) is 4.79 Å². The number of methoxy groups -OCH3 is 1. The van der Waals surface area contributed by atoms with Gasteiger partial charge in [-0.05, 0) is 25.8 Å². The Kier molecular flexibility index (Phi) is 7.25. The average Bonchev–Trinajstić information content (AvgIpc) is 2.86. The van der Waals surface area contributed by atoms with Gasteiger partial charge in [-0.15, -0.1) is 0 Å². The van der Waals surface area contributed by atoms with Crippen LogP contribution in [0, 0.1) is 0 Å². The maximum Gasteiger partial charge on any atom is 0.319 e. The zero-order valence-electron chi connectivity index (χ0n) is 11.4. The van der Waals surface area contributed by atoms with Crippen LogP contribution in [0.2, 0.25) is 0 Å².